The molecule has 0 unspecified atom stereocenters. The summed E-state index contributed by atoms with van der Waals surface area (Å²) < 4.78 is 0. The molecule has 0 saturated carbocycles. The molecule has 10 heteroatoms. The van der Waals surface area contributed by atoms with E-state index in [1.165, 1.54) is 24.4 Å². The van der Waals surface area contributed by atoms with E-state index in [0.29, 0.717) is 11.1 Å². The highest BCUT2D eigenvalue weighted by Gasteiger charge is 2.29. The Kier molecular flexibility index (Phi) is 5.28. The molecule has 3 saturated heterocycles. The lowest BCUT2D eigenvalue weighted by Gasteiger charge is -2.32. The topological polar surface area (TPSA) is 115 Å². The maximum absolute atomic E-state index is 12.3. The predicted molar refractivity (Wildman–Crippen MR) is 107 cm³/mol. The lowest BCUT2D eigenvalue weighted by atomic mass is 10.1. The summed E-state index contributed by atoms with van der Waals surface area (Å²) in [4.78, 5) is 32.0. The molecular formula is C19H22N6O4. The normalized spacial score (nSPS) is 20.8. The van der Waals surface area contributed by atoms with Gasteiger partial charge in [0.15, 0.2) is 0 Å². The number of benzene rings is 1. The van der Waals surface area contributed by atoms with Crippen molar-refractivity contribution in [2.45, 2.75) is 18.9 Å². The van der Waals surface area contributed by atoms with Crippen molar-refractivity contribution in [2.75, 3.05) is 41.5 Å². The summed E-state index contributed by atoms with van der Waals surface area (Å²) in [5.41, 5.74) is -0.0799. The number of pyridine rings is 1. The summed E-state index contributed by atoms with van der Waals surface area (Å²) >= 11 is 0. The average Bonchev–Trinajstić information content (AvgIpc) is 3.07. The van der Waals surface area contributed by atoms with Gasteiger partial charge in [-0.2, -0.15) is 5.06 Å². The molecule has 2 aromatic rings. The number of carbonyl (C=O) groups is 1. The van der Waals surface area contributed by atoms with Gasteiger partial charge in [-0.25, -0.2) is 9.78 Å². The molecule has 3 aliphatic heterocycles. The van der Waals surface area contributed by atoms with Crippen molar-refractivity contribution in [2.24, 2.45) is 0 Å². The minimum Gasteiger partial charge on any atom is -0.352 e. The number of aromatic nitrogens is 1. The van der Waals surface area contributed by atoms with Crippen LogP contribution in [0.4, 0.5) is 27.7 Å². The van der Waals surface area contributed by atoms with Crippen LogP contribution in [0.5, 0.6) is 0 Å². The molecule has 0 atom stereocenters. The SMILES string of the molecule is O=C(Nc1ccccc1[N+](=O)[O-])N(O)c1ccc(N2CCN3CCC2CC3)nc1. The van der Waals surface area contributed by atoms with Crippen LogP contribution in [0.15, 0.2) is 42.6 Å². The molecule has 152 valence electrons. The smallest absolute Gasteiger partial charge is 0.350 e. The molecule has 2 N–H and O–H groups in total. The van der Waals surface area contributed by atoms with Gasteiger partial charge in [-0.15, -0.1) is 0 Å². The third kappa shape index (κ3) is 3.98. The number of fused-ring (bicyclic) bond motifs is 4. The number of carbonyl (C=O) groups excluding carboxylic acids is 1. The van der Waals surface area contributed by atoms with Crippen molar-refractivity contribution >= 4 is 28.9 Å². The summed E-state index contributed by atoms with van der Waals surface area (Å²) in [6, 6.07) is 8.68. The molecule has 0 spiro atoms. The van der Waals surface area contributed by atoms with Gasteiger partial charge in [0.05, 0.1) is 16.8 Å². The summed E-state index contributed by atoms with van der Waals surface area (Å²) in [6.45, 7) is 4.12. The molecule has 0 aliphatic carbocycles. The number of hydrogen-bond donors (Lipinski definition) is 2. The van der Waals surface area contributed by atoms with Gasteiger partial charge in [0.1, 0.15) is 11.5 Å². The van der Waals surface area contributed by atoms with Gasteiger partial charge in [-0.05, 0) is 31.0 Å². The zero-order valence-electron chi connectivity index (χ0n) is 15.8. The molecule has 3 aliphatic rings. The van der Waals surface area contributed by atoms with E-state index in [-0.39, 0.29) is 17.1 Å². The molecule has 5 rings (SSSR count). The van der Waals surface area contributed by atoms with Crippen LogP contribution in [0.25, 0.3) is 0 Å². The van der Waals surface area contributed by atoms with Crippen LogP contribution >= 0.6 is 0 Å². The fourth-order valence-corrected chi connectivity index (χ4v) is 3.89. The fraction of sp³-hybridized carbons (Fsp3) is 0.368. The largest absolute Gasteiger partial charge is 0.352 e. The molecule has 29 heavy (non-hydrogen) atoms. The van der Waals surface area contributed by atoms with Gasteiger partial charge in [-0.1, -0.05) is 12.1 Å². The first-order valence-electron chi connectivity index (χ1n) is 9.51. The standard InChI is InChI=1S/C19H22N6O4/c26-19(21-16-3-1-2-4-17(16)25(28)29)24(27)15-5-6-18(20-13-15)23-12-11-22-9-7-14(23)8-10-22/h1-6,13-14,27H,7-12H2,(H,21,26). The van der Waals surface area contributed by atoms with Gasteiger partial charge < -0.3 is 9.80 Å². The number of para-hydroxylation sites is 2. The Morgan fingerprint density at radius 1 is 1.17 bits per heavy atom. The summed E-state index contributed by atoms with van der Waals surface area (Å²) in [5, 5.41) is 24.0. The maximum Gasteiger partial charge on any atom is 0.350 e. The number of nitro groups is 1. The number of nitro benzene ring substituents is 1. The second kappa shape index (κ2) is 8.02. The summed E-state index contributed by atoms with van der Waals surface area (Å²) in [6.07, 6.45) is 3.63. The van der Waals surface area contributed by atoms with Crippen LogP contribution in [0.2, 0.25) is 0 Å². The molecular weight excluding hydrogens is 376 g/mol. The number of nitrogens with zero attached hydrogens (tertiary/aromatic N) is 5. The number of piperidine rings is 1. The Morgan fingerprint density at radius 3 is 2.62 bits per heavy atom. The summed E-state index contributed by atoms with van der Waals surface area (Å²) in [7, 11) is 0. The molecule has 4 heterocycles. The van der Waals surface area contributed by atoms with Crippen LogP contribution in [0.3, 0.4) is 0 Å². The van der Waals surface area contributed by atoms with E-state index in [1.807, 2.05) is 0 Å². The highest BCUT2D eigenvalue weighted by Crippen LogP contribution is 2.27. The number of anilines is 3. The van der Waals surface area contributed by atoms with Crippen molar-refractivity contribution in [1.29, 1.82) is 0 Å². The Hall–Kier alpha value is -3.24. The second-order valence-electron chi connectivity index (χ2n) is 7.16. The van der Waals surface area contributed by atoms with Crippen molar-refractivity contribution in [3.8, 4) is 0 Å². The minimum atomic E-state index is -0.907. The zero-order chi connectivity index (χ0) is 20.4. The second-order valence-corrected chi connectivity index (χ2v) is 7.16. The van der Waals surface area contributed by atoms with Crippen LogP contribution in [-0.4, -0.2) is 58.3 Å². The third-order valence-corrected chi connectivity index (χ3v) is 5.46. The highest BCUT2D eigenvalue weighted by atomic mass is 16.6. The molecule has 2 amide bonds. The van der Waals surface area contributed by atoms with Crippen molar-refractivity contribution in [3.05, 3.63) is 52.7 Å². The maximum atomic E-state index is 12.3. The van der Waals surface area contributed by atoms with E-state index in [1.54, 1.807) is 18.2 Å². The van der Waals surface area contributed by atoms with Crippen LogP contribution in [0.1, 0.15) is 12.8 Å². The molecule has 1 aromatic heterocycles. The van der Waals surface area contributed by atoms with Crippen molar-refractivity contribution in [3.63, 3.8) is 0 Å². The van der Waals surface area contributed by atoms with Gasteiger partial charge in [-0.3, -0.25) is 20.6 Å². The minimum absolute atomic E-state index is 0.00137. The first-order valence-corrected chi connectivity index (χ1v) is 9.51. The average molecular weight is 398 g/mol. The Labute approximate surface area is 167 Å². The van der Waals surface area contributed by atoms with Gasteiger partial charge >= 0.3 is 6.03 Å². The number of rotatable bonds is 4. The first-order chi connectivity index (χ1) is 14.0. The molecule has 1 aromatic carbocycles. The number of hydroxylamine groups is 1. The van der Waals surface area contributed by atoms with Gasteiger partial charge in [0.2, 0.25) is 0 Å². The summed E-state index contributed by atoms with van der Waals surface area (Å²) in [5.74, 6) is 0.815. The van der Waals surface area contributed by atoms with Crippen LogP contribution < -0.4 is 15.3 Å². The Balaban J connectivity index is 1.46. The van der Waals surface area contributed by atoms with Crippen molar-refractivity contribution < 1.29 is 14.9 Å². The predicted octanol–water partition coefficient (Wildman–Crippen LogP) is 2.70. The number of amides is 2. The van der Waals surface area contributed by atoms with Gasteiger partial charge in [0, 0.05) is 38.3 Å². The van der Waals surface area contributed by atoms with E-state index in [2.05, 4.69) is 20.1 Å². The van der Waals surface area contributed by atoms with Crippen LogP contribution in [-0.2, 0) is 0 Å². The highest BCUT2D eigenvalue weighted by molar-refractivity contribution is 6.01. The quantitative estimate of drug-likeness (QED) is 0.462. The Morgan fingerprint density at radius 2 is 1.93 bits per heavy atom. The van der Waals surface area contributed by atoms with Gasteiger partial charge in [0.25, 0.3) is 5.69 Å². The monoisotopic (exact) mass is 398 g/mol. The van der Waals surface area contributed by atoms with E-state index in [4.69, 9.17) is 0 Å². The van der Waals surface area contributed by atoms with Crippen LogP contribution in [0, 0.1) is 10.1 Å². The van der Waals surface area contributed by atoms with E-state index in [9.17, 15) is 20.1 Å². The number of hydrogen-bond acceptors (Lipinski definition) is 7. The van der Waals surface area contributed by atoms with E-state index < -0.39 is 11.0 Å². The molecule has 0 radical (unpaired) electrons. The third-order valence-electron chi connectivity index (χ3n) is 5.46. The van der Waals surface area contributed by atoms with E-state index in [0.717, 1.165) is 44.8 Å². The molecule has 2 bridgehead atoms. The lowest BCUT2D eigenvalue weighted by molar-refractivity contribution is -0.383. The Bertz CT molecular complexity index is 898. The lowest BCUT2D eigenvalue weighted by Crippen LogP contribution is -2.38. The zero-order valence-corrected chi connectivity index (χ0v) is 15.8. The number of nitrogens with one attached hydrogen (secondary N) is 1. The van der Waals surface area contributed by atoms with Crippen molar-refractivity contribution in [1.82, 2.24) is 9.88 Å². The van der Waals surface area contributed by atoms with E-state index >= 15 is 0 Å². The molecule has 10 nitrogen and oxygen atoms in total. The fourth-order valence-electron chi connectivity index (χ4n) is 3.89. The molecule has 3 fully saturated rings. The number of urea groups is 1. The first kappa shape index (κ1) is 19.1.